The maximum atomic E-state index is 12.8. The number of likely N-dealkylation sites (tertiary alicyclic amines) is 1. The van der Waals surface area contributed by atoms with Crippen LogP contribution in [0.15, 0.2) is 0 Å². The average molecular weight is 362 g/mol. The molecule has 140 valence electrons. The monoisotopic (exact) mass is 361 g/mol. The van der Waals surface area contributed by atoms with E-state index in [4.69, 9.17) is 13.3 Å². The predicted molar refractivity (Wildman–Crippen MR) is 91.5 cm³/mol. The molecule has 1 aliphatic rings. The van der Waals surface area contributed by atoms with Crippen LogP contribution in [0.3, 0.4) is 0 Å². The average Bonchev–Trinajstić information content (AvgIpc) is 2.89. The van der Waals surface area contributed by atoms with Gasteiger partial charge in [0.25, 0.3) is 0 Å². The summed E-state index contributed by atoms with van der Waals surface area (Å²) in [4.78, 5) is 25.9. The lowest BCUT2D eigenvalue weighted by molar-refractivity contribution is -0.140. The second kappa shape index (κ2) is 9.62. The molecule has 0 bridgehead atoms. The molecular formula is C16H31NO6Si. The van der Waals surface area contributed by atoms with Gasteiger partial charge in [-0.3, -0.25) is 9.59 Å². The molecular weight excluding hydrogens is 330 g/mol. The van der Waals surface area contributed by atoms with Crippen LogP contribution in [0.5, 0.6) is 0 Å². The lowest BCUT2D eigenvalue weighted by Gasteiger charge is -2.32. The van der Waals surface area contributed by atoms with Crippen molar-refractivity contribution in [3.05, 3.63) is 0 Å². The van der Waals surface area contributed by atoms with Crippen LogP contribution >= 0.6 is 0 Å². The molecule has 1 fully saturated rings. The van der Waals surface area contributed by atoms with Gasteiger partial charge in [-0.15, -0.1) is 0 Å². The van der Waals surface area contributed by atoms with Crippen molar-refractivity contribution in [2.24, 2.45) is 0 Å². The SMILES string of the molecule is CCC[Si](OCC)(OCC)OC(C)C(=O)[C@@H]1CC(O)CN1C(C)=O. The summed E-state index contributed by atoms with van der Waals surface area (Å²) in [5, 5.41) is 9.81. The van der Waals surface area contributed by atoms with Gasteiger partial charge in [0.2, 0.25) is 5.91 Å². The number of rotatable bonds is 10. The molecule has 0 aromatic carbocycles. The summed E-state index contributed by atoms with van der Waals surface area (Å²) in [6, 6.07) is -0.0141. The van der Waals surface area contributed by atoms with Crippen molar-refractivity contribution in [3.8, 4) is 0 Å². The highest BCUT2D eigenvalue weighted by Gasteiger charge is 2.45. The molecule has 3 atom stereocenters. The molecule has 1 N–H and O–H groups in total. The Morgan fingerprint density at radius 1 is 1.25 bits per heavy atom. The van der Waals surface area contributed by atoms with E-state index in [0.29, 0.717) is 19.3 Å². The van der Waals surface area contributed by atoms with Gasteiger partial charge >= 0.3 is 8.80 Å². The third-order valence-corrected chi connectivity index (χ3v) is 7.34. The molecule has 1 heterocycles. The summed E-state index contributed by atoms with van der Waals surface area (Å²) in [6.07, 6.45) is -0.350. The van der Waals surface area contributed by atoms with Gasteiger partial charge < -0.3 is 23.3 Å². The fourth-order valence-electron chi connectivity index (χ4n) is 3.09. The molecule has 0 aromatic rings. The normalized spacial score (nSPS) is 22.7. The van der Waals surface area contributed by atoms with Gasteiger partial charge in [-0.05, 0) is 20.8 Å². The van der Waals surface area contributed by atoms with Crippen LogP contribution in [0.1, 0.15) is 47.5 Å². The highest BCUT2D eigenvalue weighted by molar-refractivity contribution is 6.60. The number of aliphatic hydroxyl groups is 1. The summed E-state index contributed by atoms with van der Waals surface area (Å²) in [7, 11) is -2.93. The van der Waals surface area contributed by atoms with Crippen molar-refractivity contribution < 1.29 is 28.0 Å². The van der Waals surface area contributed by atoms with Gasteiger partial charge in [0.15, 0.2) is 5.78 Å². The fraction of sp³-hybridized carbons (Fsp3) is 0.875. The van der Waals surface area contributed by atoms with Crippen LogP contribution in [-0.4, -0.2) is 68.5 Å². The van der Waals surface area contributed by atoms with E-state index in [2.05, 4.69) is 0 Å². The Labute approximate surface area is 145 Å². The van der Waals surface area contributed by atoms with E-state index in [9.17, 15) is 14.7 Å². The Balaban J connectivity index is 2.87. The summed E-state index contributed by atoms with van der Waals surface area (Å²) >= 11 is 0. The highest BCUT2D eigenvalue weighted by Crippen LogP contribution is 2.24. The van der Waals surface area contributed by atoms with Crippen molar-refractivity contribution in [1.82, 2.24) is 4.90 Å². The first-order valence-electron chi connectivity index (χ1n) is 8.74. The van der Waals surface area contributed by atoms with Crippen LogP contribution < -0.4 is 0 Å². The number of nitrogens with zero attached hydrogens (tertiary/aromatic N) is 1. The summed E-state index contributed by atoms with van der Waals surface area (Å²) < 4.78 is 17.6. The lowest BCUT2D eigenvalue weighted by atomic mass is 10.1. The molecule has 1 rings (SSSR count). The maximum Gasteiger partial charge on any atom is 0.501 e. The van der Waals surface area contributed by atoms with Gasteiger partial charge in [-0.1, -0.05) is 13.3 Å². The Kier molecular flexibility index (Phi) is 8.51. The number of β-amino-alcohol motifs (C(OH)–C–C–N with tert-alkyl or cyclic N) is 1. The first-order chi connectivity index (χ1) is 11.3. The topological polar surface area (TPSA) is 85.3 Å². The summed E-state index contributed by atoms with van der Waals surface area (Å²) in [5.74, 6) is -0.432. The van der Waals surface area contributed by atoms with Gasteiger partial charge in [-0.2, -0.15) is 0 Å². The van der Waals surface area contributed by atoms with Crippen LogP contribution in [0.2, 0.25) is 6.04 Å². The van der Waals surface area contributed by atoms with E-state index in [0.717, 1.165) is 6.42 Å². The second-order valence-electron chi connectivity index (χ2n) is 6.04. The molecule has 1 aliphatic heterocycles. The Morgan fingerprint density at radius 2 is 1.83 bits per heavy atom. The van der Waals surface area contributed by atoms with Crippen molar-refractivity contribution in [2.45, 2.75) is 71.8 Å². The number of ketones is 1. The molecule has 1 amide bonds. The van der Waals surface area contributed by atoms with Crippen molar-refractivity contribution in [1.29, 1.82) is 0 Å². The minimum absolute atomic E-state index is 0.187. The largest absolute Gasteiger partial charge is 0.501 e. The number of aliphatic hydroxyl groups excluding tert-OH is 1. The maximum absolute atomic E-state index is 12.8. The van der Waals surface area contributed by atoms with Gasteiger partial charge in [-0.25, -0.2) is 0 Å². The van der Waals surface area contributed by atoms with Gasteiger partial charge in [0.1, 0.15) is 6.10 Å². The third-order valence-electron chi connectivity index (χ3n) is 4.05. The number of hydrogen-bond acceptors (Lipinski definition) is 6. The summed E-state index contributed by atoms with van der Waals surface area (Å²) in [6.45, 7) is 9.92. The van der Waals surface area contributed by atoms with Crippen molar-refractivity contribution >= 4 is 20.5 Å². The zero-order valence-electron chi connectivity index (χ0n) is 15.4. The third kappa shape index (κ3) is 5.35. The van der Waals surface area contributed by atoms with E-state index in [-0.39, 0.29) is 24.7 Å². The van der Waals surface area contributed by atoms with E-state index < -0.39 is 27.1 Å². The molecule has 0 aliphatic carbocycles. The van der Waals surface area contributed by atoms with E-state index >= 15 is 0 Å². The Morgan fingerprint density at radius 3 is 2.29 bits per heavy atom. The molecule has 2 unspecified atom stereocenters. The molecule has 8 heteroatoms. The molecule has 24 heavy (non-hydrogen) atoms. The molecule has 0 radical (unpaired) electrons. The zero-order chi connectivity index (χ0) is 18.3. The number of carbonyl (C=O) groups excluding carboxylic acids is 2. The van der Waals surface area contributed by atoms with Crippen LogP contribution in [-0.2, 0) is 22.9 Å². The Bertz CT molecular complexity index is 416. The Hall–Kier alpha value is -0.803. The minimum Gasteiger partial charge on any atom is -0.391 e. The predicted octanol–water partition coefficient (Wildman–Crippen LogP) is 1.36. The van der Waals surface area contributed by atoms with Crippen LogP contribution in [0.25, 0.3) is 0 Å². The van der Waals surface area contributed by atoms with Gasteiger partial charge in [0.05, 0.1) is 12.1 Å². The number of hydrogen-bond donors (Lipinski definition) is 1. The summed E-state index contributed by atoms with van der Waals surface area (Å²) in [5.41, 5.74) is 0. The quantitative estimate of drug-likeness (QED) is 0.592. The fourth-order valence-corrected chi connectivity index (χ4v) is 5.86. The molecule has 0 spiro atoms. The van der Waals surface area contributed by atoms with Crippen molar-refractivity contribution in [3.63, 3.8) is 0 Å². The van der Waals surface area contributed by atoms with Gasteiger partial charge in [0, 0.05) is 39.1 Å². The zero-order valence-corrected chi connectivity index (χ0v) is 16.4. The highest BCUT2D eigenvalue weighted by atomic mass is 28.4. The number of amides is 1. The van der Waals surface area contributed by atoms with E-state index in [1.165, 1.54) is 11.8 Å². The smallest absolute Gasteiger partial charge is 0.391 e. The standard InChI is InChI=1S/C16H31NO6Si/c1-6-9-24(21-7-2,22-8-3)23-12(4)16(20)15-10-14(19)11-17(15)13(5)18/h12,14-15,19H,6-11H2,1-5H3/t12?,14?,15-/m0/s1. The van der Waals surface area contributed by atoms with E-state index in [1.54, 1.807) is 6.92 Å². The van der Waals surface area contributed by atoms with Crippen LogP contribution in [0.4, 0.5) is 0 Å². The molecule has 0 aromatic heterocycles. The second-order valence-corrected chi connectivity index (χ2v) is 8.72. The lowest BCUT2D eigenvalue weighted by Crippen LogP contribution is -2.52. The van der Waals surface area contributed by atoms with Crippen LogP contribution in [0, 0.1) is 0 Å². The molecule has 0 saturated carbocycles. The van der Waals surface area contributed by atoms with Crippen molar-refractivity contribution in [2.75, 3.05) is 19.8 Å². The number of carbonyl (C=O) groups is 2. The minimum atomic E-state index is -2.93. The number of Topliss-reactive ketones (excluding diaryl/α,β-unsaturated/α-hetero) is 1. The molecule has 7 nitrogen and oxygen atoms in total. The van der Waals surface area contributed by atoms with E-state index in [1.807, 2.05) is 20.8 Å². The molecule has 1 saturated heterocycles. The first kappa shape index (κ1) is 21.2. The first-order valence-corrected chi connectivity index (χ1v) is 10.7.